The van der Waals surface area contributed by atoms with E-state index in [1.165, 1.54) is 0 Å². The van der Waals surface area contributed by atoms with Crippen molar-refractivity contribution < 1.29 is 13.9 Å². The minimum absolute atomic E-state index is 0.0704. The first-order valence-electron chi connectivity index (χ1n) is 13.1. The van der Waals surface area contributed by atoms with Gasteiger partial charge in [0.1, 0.15) is 23.9 Å². The Morgan fingerprint density at radius 3 is 2.68 bits per heavy atom. The number of hydrogen-bond donors (Lipinski definition) is 1. The molecule has 1 aliphatic carbocycles. The molecule has 2 aliphatic rings. The summed E-state index contributed by atoms with van der Waals surface area (Å²) in [6.07, 6.45) is 4.74. The summed E-state index contributed by atoms with van der Waals surface area (Å²) in [6.45, 7) is 7.68. The number of hydrogen-bond acceptors (Lipinski definition) is 5. The van der Waals surface area contributed by atoms with Gasteiger partial charge in [-0.2, -0.15) is 0 Å². The molecule has 0 spiro atoms. The number of aromatic nitrogens is 1. The first-order valence-corrected chi connectivity index (χ1v) is 13.1. The first-order chi connectivity index (χ1) is 17.8. The molecule has 6 nitrogen and oxygen atoms in total. The van der Waals surface area contributed by atoms with Gasteiger partial charge in [-0.3, -0.25) is 14.7 Å². The second-order valence-corrected chi connectivity index (χ2v) is 10.7. The van der Waals surface area contributed by atoms with E-state index in [2.05, 4.69) is 46.5 Å². The van der Waals surface area contributed by atoms with Gasteiger partial charge in [-0.15, -0.1) is 0 Å². The van der Waals surface area contributed by atoms with Crippen LogP contribution >= 0.6 is 0 Å². The zero-order valence-corrected chi connectivity index (χ0v) is 21.9. The predicted octanol–water partition coefficient (Wildman–Crippen LogP) is 5.92. The van der Waals surface area contributed by atoms with Crippen LogP contribution < -0.4 is 10.1 Å². The Morgan fingerprint density at radius 1 is 1.16 bits per heavy atom. The van der Waals surface area contributed by atoms with Crippen LogP contribution in [0.25, 0.3) is 22.0 Å². The third kappa shape index (κ3) is 4.40. The number of furan rings is 1. The van der Waals surface area contributed by atoms with Crippen molar-refractivity contribution in [3.8, 4) is 16.9 Å². The average Bonchev–Trinajstić information content (AvgIpc) is 3.58. The monoisotopic (exact) mass is 495 g/mol. The summed E-state index contributed by atoms with van der Waals surface area (Å²) in [5.74, 6) is 2.43. The fourth-order valence-corrected chi connectivity index (χ4v) is 5.43. The largest absolute Gasteiger partial charge is 0.492 e. The summed E-state index contributed by atoms with van der Waals surface area (Å²) in [5, 5.41) is 4.47. The van der Waals surface area contributed by atoms with E-state index < -0.39 is 5.54 Å². The third-order valence-corrected chi connectivity index (χ3v) is 8.03. The maximum atomic E-state index is 13.6. The van der Waals surface area contributed by atoms with Crippen molar-refractivity contribution in [1.29, 1.82) is 0 Å². The molecule has 1 saturated carbocycles. The van der Waals surface area contributed by atoms with Crippen LogP contribution in [0.2, 0.25) is 0 Å². The number of pyridine rings is 1. The van der Waals surface area contributed by atoms with Crippen LogP contribution in [0.5, 0.6) is 5.75 Å². The molecule has 2 aromatic heterocycles. The smallest absolute Gasteiger partial charge is 0.252 e. The molecule has 1 atom stereocenters. The molecule has 1 N–H and O–H groups in total. The first kappa shape index (κ1) is 23.7. The van der Waals surface area contributed by atoms with E-state index in [9.17, 15) is 4.79 Å². The lowest BCUT2D eigenvalue weighted by Gasteiger charge is -2.37. The topological polar surface area (TPSA) is 67.6 Å². The molecular weight excluding hydrogens is 462 g/mol. The minimum atomic E-state index is -0.418. The summed E-state index contributed by atoms with van der Waals surface area (Å²) in [7, 11) is 2.11. The SMILES string of the molecule is Cc1cc(-c2cc(C3(NC(=O)c4cc(OC[C@@H]5CCN5C)ccc4C)CC3)c3cccnc3c2)c(C)o1. The van der Waals surface area contributed by atoms with Gasteiger partial charge in [0.25, 0.3) is 5.91 Å². The van der Waals surface area contributed by atoms with Crippen molar-refractivity contribution in [1.82, 2.24) is 15.2 Å². The molecule has 4 aromatic rings. The fraction of sp³-hybridized carbons (Fsp3) is 0.355. The second-order valence-electron chi connectivity index (χ2n) is 10.7. The van der Waals surface area contributed by atoms with Crippen LogP contribution in [0.3, 0.4) is 0 Å². The molecule has 2 fully saturated rings. The Bertz CT molecular complexity index is 1500. The average molecular weight is 496 g/mol. The lowest BCUT2D eigenvalue weighted by molar-refractivity contribution is 0.0767. The van der Waals surface area contributed by atoms with E-state index in [1.54, 1.807) is 0 Å². The van der Waals surface area contributed by atoms with Gasteiger partial charge >= 0.3 is 0 Å². The van der Waals surface area contributed by atoms with Gasteiger partial charge in [0, 0.05) is 28.8 Å². The van der Waals surface area contributed by atoms with E-state index in [0.717, 1.165) is 76.2 Å². The van der Waals surface area contributed by atoms with Gasteiger partial charge in [0.15, 0.2) is 0 Å². The molecule has 0 unspecified atom stereocenters. The Morgan fingerprint density at radius 2 is 2.00 bits per heavy atom. The Labute approximate surface area is 217 Å². The van der Waals surface area contributed by atoms with E-state index in [1.807, 2.05) is 51.2 Å². The summed E-state index contributed by atoms with van der Waals surface area (Å²) in [5.41, 5.74) is 5.32. The predicted molar refractivity (Wildman–Crippen MR) is 145 cm³/mol. The van der Waals surface area contributed by atoms with Gasteiger partial charge in [-0.25, -0.2) is 0 Å². The molecule has 0 radical (unpaired) electrons. The Kier molecular flexibility index (Phi) is 5.80. The maximum absolute atomic E-state index is 13.6. The summed E-state index contributed by atoms with van der Waals surface area (Å²) < 4.78 is 11.9. The highest BCUT2D eigenvalue weighted by Gasteiger charge is 2.47. The van der Waals surface area contributed by atoms with E-state index in [4.69, 9.17) is 9.15 Å². The zero-order chi connectivity index (χ0) is 25.7. The number of likely N-dealkylation sites (tertiary alicyclic amines) is 1. The van der Waals surface area contributed by atoms with Crippen LogP contribution in [0, 0.1) is 20.8 Å². The number of ether oxygens (including phenoxy) is 1. The van der Waals surface area contributed by atoms with Crippen molar-refractivity contribution in [2.75, 3.05) is 20.2 Å². The maximum Gasteiger partial charge on any atom is 0.252 e. The molecular formula is C31H33N3O3. The standard InChI is InChI=1S/C31H33N3O3/c1-19-7-8-24(36-18-23-9-13-34(23)4)17-26(19)30(35)33-31(10-11-31)28-15-22(27-14-20(2)37-21(27)3)16-29-25(28)6-5-12-32-29/h5-8,12,14-17,23H,9-11,13,18H2,1-4H3,(H,33,35)/t23-/m0/s1. The number of aryl methyl sites for hydroxylation is 3. The number of fused-ring (bicyclic) bond motifs is 1. The number of nitrogens with one attached hydrogen (secondary N) is 1. The molecule has 1 aliphatic heterocycles. The molecule has 1 saturated heterocycles. The van der Waals surface area contributed by atoms with Crippen molar-refractivity contribution in [3.05, 3.63) is 82.9 Å². The molecule has 6 heteroatoms. The summed E-state index contributed by atoms with van der Waals surface area (Å²) in [4.78, 5) is 20.6. The van der Waals surface area contributed by atoms with E-state index in [0.29, 0.717) is 18.2 Å². The highest BCUT2D eigenvalue weighted by Crippen LogP contribution is 2.49. The quantitative estimate of drug-likeness (QED) is 0.345. The van der Waals surface area contributed by atoms with Crippen LogP contribution in [-0.2, 0) is 5.54 Å². The highest BCUT2D eigenvalue weighted by atomic mass is 16.5. The fourth-order valence-electron chi connectivity index (χ4n) is 5.43. The number of carbonyl (C=O) groups excluding carboxylic acids is 1. The Hall–Kier alpha value is -3.64. The third-order valence-electron chi connectivity index (χ3n) is 8.03. The number of amides is 1. The van der Waals surface area contributed by atoms with Crippen molar-refractivity contribution in [2.45, 2.75) is 51.6 Å². The van der Waals surface area contributed by atoms with E-state index >= 15 is 0 Å². The highest BCUT2D eigenvalue weighted by molar-refractivity contribution is 5.98. The van der Waals surface area contributed by atoms with Crippen LogP contribution in [0.15, 0.2) is 59.1 Å². The Balaban J connectivity index is 1.31. The number of rotatable bonds is 7. The molecule has 190 valence electrons. The number of nitrogens with zero attached hydrogens (tertiary/aromatic N) is 2. The zero-order valence-electron chi connectivity index (χ0n) is 21.9. The molecule has 1 amide bonds. The molecule has 3 heterocycles. The van der Waals surface area contributed by atoms with Gasteiger partial charge in [-0.1, -0.05) is 12.1 Å². The normalized spacial score (nSPS) is 18.4. The summed E-state index contributed by atoms with van der Waals surface area (Å²) in [6, 6.07) is 16.7. The number of benzene rings is 2. The lowest BCUT2D eigenvalue weighted by Crippen LogP contribution is -2.48. The van der Waals surface area contributed by atoms with Gasteiger partial charge < -0.3 is 14.5 Å². The van der Waals surface area contributed by atoms with Gasteiger partial charge in [0.05, 0.1) is 11.1 Å². The molecule has 2 aromatic carbocycles. The van der Waals surface area contributed by atoms with Crippen LogP contribution in [0.1, 0.15) is 52.3 Å². The summed E-state index contributed by atoms with van der Waals surface area (Å²) >= 11 is 0. The lowest BCUT2D eigenvalue weighted by atomic mass is 9.93. The van der Waals surface area contributed by atoms with Gasteiger partial charge in [0.2, 0.25) is 0 Å². The minimum Gasteiger partial charge on any atom is -0.492 e. The number of carbonyl (C=O) groups is 1. The number of likely N-dealkylation sites (N-methyl/N-ethyl adjacent to an activating group) is 1. The molecule has 37 heavy (non-hydrogen) atoms. The van der Waals surface area contributed by atoms with Gasteiger partial charge in [-0.05, 0) is 107 Å². The second kappa shape index (κ2) is 9.03. The molecule has 6 rings (SSSR count). The van der Waals surface area contributed by atoms with Crippen molar-refractivity contribution in [3.63, 3.8) is 0 Å². The molecule has 0 bridgehead atoms. The van der Waals surface area contributed by atoms with Crippen molar-refractivity contribution >= 4 is 16.8 Å². The van der Waals surface area contributed by atoms with Crippen LogP contribution in [0.4, 0.5) is 0 Å². The van der Waals surface area contributed by atoms with E-state index in [-0.39, 0.29) is 5.91 Å². The van der Waals surface area contributed by atoms with Crippen LogP contribution in [-0.4, -0.2) is 42.0 Å². The van der Waals surface area contributed by atoms with Crippen molar-refractivity contribution in [2.24, 2.45) is 0 Å².